The summed E-state index contributed by atoms with van der Waals surface area (Å²) in [6.07, 6.45) is 1.33. The third-order valence-corrected chi connectivity index (χ3v) is 4.41. The van der Waals surface area contributed by atoms with Crippen molar-refractivity contribution in [3.05, 3.63) is 35.9 Å². The maximum atomic E-state index is 7.55. The van der Waals surface area contributed by atoms with Gasteiger partial charge < -0.3 is 4.74 Å². The molecule has 3 nitrogen and oxygen atoms in total. The van der Waals surface area contributed by atoms with Crippen molar-refractivity contribution in [1.29, 1.82) is 5.41 Å². The minimum Gasteiger partial charge on any atom is -0.469 e. The predicted octanol–water partition coefficient (Wildman–Crippen LogP) is 2.33. The van der Waals surface area contributed by atoms with Crippen LogP contribution in [0.5, 0.6) is 0 Å². The maximum Gasteiger partial charge on any atom is 0.243 e. The molecule has 90 valence electrons. The normalized spacial score (nSPS) is 28.8. The van der Waals surface area contributed by atoms with Crippen molar-refractivity contribution in [2.45, 2.75) is 24.3 Å². The monoisotopic (exact) mass is 248 g/mol. The summed E-state index contributed by atoms with van der Waals surface area (Å²) in [4.78, 5) is 2.46. The molecule has 0 radical (unpaired) electrons. The lowest BCUT2D eigenvalue weighted by atomic mass is 10.1. The lowest BCUT2D eigenvalue weighted by molar-refractivity contribution is 0.107. The Kier molecular flexibility index (Phi) is 3.07. The number of rotatable bonds is 2. The third-order valence-electron chi connectivity index (χ3n) is 3.35. The fraction of sp³-hybridized carbons (Fsp3) is 0.462. The van der Waals surface area contributed by atoms with Crippen LogP contribution < -0.4 is 0 Å². The standard InChI is InChI=1S/C13H16N2OS/c14-13-16-11-6-7-15(9-12(11)17-13)8-10-4-2-1-3-5-10/h1-5,11-12,14H,6-9H2/t11-,12+/m0/s1. The third kappa shape index (κ3) is 2.48. The van der Waals surface area contributed by atoms with Crippen LogP contribution in [0.25, 0.3) is 0 Å². The molecule has 0 bridgehead atoms. The quantitative estimate of drug-likeness (QED) is 0.872. The molecule has 2 fully saturated rings. The van der Waals surface area contributed by atoms with E-state index in [9.17, 15) is 0 Å². The molecule has 2 atom stereocenters. The number of hydrogen-bond acceptors (Lipinski definition) is 4. The van der Waals surface area contributed by atoms with E-state index in [-0.39, 0.29) is 6.10 Å². The van der Waals surface area contributed by atoms with Crippen molar-refractivity contribution in [3.63, 3.8) is 0 Å². The Morgan fingerprint density at radius 3 is 3.00 bits per heavy atom. The van der Waals surface area contributed by atoms with E-state index in [0.717, 1.165) is 26.1 Å². The van der Waals surface area contributed by atoms with Gasteiger partial charge in [0.1, 0.15) is 6.10 Å². The topological polar surface area (TPSA) is 36.3 Å². The summed E-state index contributed by atoms with van der Waals surface area (Å²) in [5, 5.41) is 8.42. The highest BCUT2D eigenvalue weighted by molar-refractivity contribution is 8.14. The molecule has 1 aromatic carbocycles. The summed E-state index contributed by atoms with van der Waals surface area (Å²) < 4.78 is 5.48. The SMILES string of the molecule is N=C1O[C@H]2CCN(Cc3ccccc3)C[C@H]2S1. The number of nitrogens with one attached hydrogen (secondary N) is 1. The largest absolute Gasteiger partial charge is 0.469 e. The van der Waals surface area contributed by atoms with Crippen LogP contribution in [-0.2, 0) is 11.3 Å². The zero-order valence-corrected chi connectivity index (χ0v) is 10.5. The van der Waals surface area contributed by atoms with Gasteiger partial charge in [-0.25, -0.2) is 0 Å². The smallest absolute Gasteiger partial charge is 0.243 e. The van der Waals surface area contributed by atoms with Crippen LogP contribution in [0.1, 0.15) is 12.0 Å². The minimum atomic E-state index is 0.277. The lowest BCUT2D eigenvalue weighted by Crippen LogP contribution is -2.42. The van der Waals surface area contributed by atoms with Crippen LogP contribution in [0.3, 0.4) is 0 Å². The fourth-order valence-electron chi connectivity index (χ4n) is 2.49. The number of hydrogen-bond donors (Lipinski definition) is 1. The number of piperidine rings is 1. The molecule has 1 aromatic rings. The van der Waals surface area contributed by atoms with Gasteiger partial charge in [-0.1, -0.05) is 42.1 Å². The van der Waals surface area contributed by atoms with Crippen LogP contribution in [0.15, 0.2) is 30.3 Å². The first-order valence-corrected chi connectivity index (χ1v) is 6.87. The highest BCUT2D eigenvalue weighted by Crippen LogP contribution is 2.33. The van der Waals surface area contributed by atoms with Crippen molar-refractivity contribution >= 4 is 17.0 Å². The summed E-state index contributed by atoms with van der Waals surface area (Å²) in [6.45, 7) is 3.12. The highest BCUT2D eigenvalue weighted by Gasteiger charge is 2.38. The predicted molar refractivity (Wildman–Crippen MR) is 70.3 cm³/mol. The lowest BCUT2D eigenvalue weighted by Gasteiger charge is -2.32. The van der Waals surface area contributed by atoms with Gasteiger partial charge in [0.25, 0.3) is 0 Å². The average Bonchev–Trinajstić information content (AvgIpc) is 2.70. The Bertz CT molecular complexity index is 409. The number of fused-ring (bicyclic) bond motifs is 1. The molecule has 2 heterocycles. The van der Waals surface area contributed by atoms with E-state index in [1.807, 2.05) is 0 Å². The molecule has 17 heavy (non-hydrogen) atoms. The van der Waals surface area contributed by atoms with Gasteiger partial charge in [-0.2, -0.15) is 0 Å². The summed E-state index contributed by atoms with van der Waals surface area (Å²) >= 11 is 1.58. The number of likely N-dealkylation sites (tertiary alicyclic amines) is 1. The van der Waals surface area contributed by atoms with Gasteiger partial charge in [-0.3, -0.25) is 10.3 Å². The minimum absolute atomic E-state index is 0.277. The summed E-state index contributed by atoms with van der Waals surface area (Å²) in [5.41, 5.74) is 1.37. The Balaban J connectivity index is 1.61. The van der Waals surface area contributed by atoms with E-state index < -0.39 is 0 Å². The Hall–Kier alpha value is -1.00. The maximum absolute atomic E-state index is 7.55. The van der Waals surface area contributed by atoms with E-state index >= 15 is 0 Å². The molecule has 0 unspecified atom stereocenters. The number of ether oxygens (including phenoxy) is 1. The van der Waals surface area contributed by atoms with Gasteiger partial charge in [0, 0.05) is 19.6 Å². The number of thioether (sulfide) groups is 1. The number of benzene rings is 1. The second-order valence-electron chi connectivity index (χ2n) is 4.61. The van der Waals surface area contributed by atoms with Crippen LogP contribution in [-0.4, -0.2) is 34.6 Å². The van der Waals surface area contributed by atoms with Crippen LogP contribution in [0, 0.1) is 5.41 Å². The summed E-state index contributed by atoms with van der Waals surface area (Å²) in [6, 6.07) is 10.6. The highest BCUT2D eigenvalue weighted by atomic mass is 32.2. The van der Waals surface area contributed by atoms with Gasteiger partial charge in [-0.15, -0.1) is 0 Å². The van der Waals surface area contributed by atoms with Crippen LogP contribution >= 0.6 is 11.8 Å². The second kappa shape index (κ2) is 4.70. The van der Waals surface area contributed by atoms with Crippen LogP contribution in [0.4, 0.5) is 0 Å². The van der Waals surface area contributed by atoms with Crippen molar-refractivity contribution in [3.8, 4) is 0 Å². The molecule has 0 spiro atoms. The molecule has 0 saturated carbocycles. The second-order valence-corrected chi connectivity index (χ2v) is 5.82. The van der Waals surface area contributed by atoms with Crippen molar-refractivity contribution < 1.29 is 4.74 Å². The Labute approximate surface area is 106 Å². The average molecular weight is 248 g/mol. The summed E-state index contributed by atoms with van der Waals surface area (Å²) in [7, 11) is 0. The molecular weight excluding hydrogens is 232 g/mol. The number of nitrogens with zero attached hydrogens (tertiary/aromatic N) is 1. The van der Waals surface area contributed by atoms with Gasteiger partial charge in [0.05, 0.1) is 5.25 Å². The molecule has 2 aliphatic heterocycles. The van der Waals surface area contributed by atoms with Crippen molar-refractivity contribution in [1.82, 2.24) is 4.90 Å². The Morgan fingerprint density at radius 2 is 2.18 bits per heavy atom. The molecule has 1 N–H and O–H groups in total. The Morgan fingerprint density at radius 1 is 1.35 bits per heavy atom. The molecular formula is C13H16N2OS. The molecule has 0 aliphatic carbocycles. The zero-order chi connectivity index (χ0) is 11.7. The van der Waals surface area contributed by atoms with E-state index in [1.165, 1.54) is 5.56 Å². The van der Waals surface area contributed by atoms with Crippen molar-refractivity contribution in [2.75, 3.05) is 13.1 Å². The van der Waals surface area contributed by atoms with E-state index in [0.29, 0.717) is 10.5 Å². The van der Waals surface area contributed by atoms with E-state index in [2.05, 4.69) is 35.2 Å². The first kappa shape index (κ1) is 11.1. The molecule has 2 aliphatic rings. The first-order valence-electron chi connectivity index (χ1n) is 5.99. The first-order chi connectivity index (χ1) is 8.31. The van der Waals surface area contributed by atoms with Gasteiger partial charge in [-0.05, 0) is 12.0 Å². The molecule has 3 rings (SSSR count). The van der Waals surface area contributed by atoms with Gasteiger partial charge in [0.2, 0.25) is 5.23 Å². The van der Waals surface area contributed by atoms with E-state index in [4.69, 9.17) is 10.1 Å². The zero-order valence-electron chi connectivity index (χ0n) is 9.63. The molecule has 0 aromatic heterocycles. The molecule has 2 saturated heterocycles. The van der Waals surface area contributed by atoms with Crippen molar-refractivity contribution in [2.24, 2.45) is 0 Å². The van der Waals surface area contributed by atoms with E-state index in [1.54, 1.807) is 11.8 Å². The van der Waals surface area contributed by atoms with Gasteiger partial charge >= 0.3 is 0 Å². The van der Waals surface area contributed by atoms with Crippen LogP contribution in [0.2, 0.25) is 0 Å². The van der Waals surface area contributed by atoms with Gasteiger partial charge in [0.15, 0.2) is 0 Å². The molecule has 0 amide bonds. The fourth-order valence-corrected chi connectivity index (χ4v) is 3.58. The molecule has 4 heteroatoms. The summed E-state index contributed by atoms with van der Waals surface area (Å²) in [5.74, 6) is 0.